The van der Waals surface area contributed by atoms with Crippen LogP contribution in [-0.2, 0) is 9.53 Å². The van der Waals surface area contributed by atoms with Gasteiger partial charge in [-0.2, -0.15) is 5.26 Å². The summed E-state index contributed by atoms with van der Waals surface area (Å²) >= 11 is 13.7. The molecule has 3 atom stereocenters. The molecule has 3 aliphatic heterocycles. The molecule has 2 aromatic rings. The van der Waals surface area contributed by atoms with Crippen LogP contribution in [0.1, 0.15) is 18.4 Å². The maximum atomic E-state index is 12.3. The number of likely N-dealkylation sites (N-methyl/N-ethyl adjacent to an activating group) is 1. The van der Waals surface area contributed by atoms with Crippen LogP contribution in [0.4, 0.5) is 0 Å². The molecule has 6 rings (SSSR count). The highest BCUT2D eigenvalue weighted by Crippen LogP contribution is 2.44. The number of carbonyl (C=O) groups is 1. The van der Waals surface area contributed by atoms with Gasteiger partial charge in [0.15, 0.2) is 0 Å². The van der Waals surface area contributed by atoms with Crippen LogP contribution in [0.3, 0.4) is 0 Å². The van der Waals surface area contributed by atoms with Crippen LogP contribution < -0.4 is 0 Å². The average Bonchev–Trinajstić information content (AvgIpc) is 3.43. The number of hydrogen-bond donors (Lipinski definition) is 0. The molecule has 7 nitrogen and oxygen atoms in total. The predicted octanol–water partition coefficient (Wildman–Crippen LogP) is 5.63. The first-order chi connectivity index (χ1) is 20.4. The normalized spacial score (nSPS) is 24.5. The molecule has 0 radical (unpaired) electrons. The standard InChI is InChI=1S/C33H33Cl2N5O2/c1-3-30(41)39-13-15-40(16-14-39)32-25-17-28(35)24(23-10-4-7-21-8-5-11-27(34)31(21)23)18-29(25)37-33(26(32)19-36)42-20-22-9-6-12-38(22)2/h3-5,7-8,10-11,17-18,22,25,29H,1,6,9,12-16,20H2,2H3/t22-,25?,29?/m0/s1. The molecule has 1 aliphatic carbocycles. The van der Waals surface area contributed by atoms with Crippen LogP contribution in [0, 0.1) is 17.2 Å². The summed E-state index contributed by atoms with van der Waals surface area (Å²) in [4.78, 5) is 23.6. The zero-order chi connectivity index (χ0) is 29.4. The van der Waals surface area contributed by atoms with Gasteiger partial charge in [0.2, 0.25) is 11.8 Å². The lowest BCUT2D eigenvalue weighted by molar-refractivity contribution is -0.127. The Balaban J connectivity index is 1.40. The highest BCUT2D eigenvalue weighted by Gasteiger charge is 2.39. The van der Waals surface area contributed by atoms with Crippen molar-refractivity contribution in [2.45, 2.75) is 24.9 Å². The number of amides is 1. The highest BCUT2D eigenvalue weighted by molar-refractivity contribution is 6.39. The number of aliphatic imine (C=N–C) groups is 1. The molecule has 9 heteroatoms. The van der Waals surface area contributed by atoms with Gasteiger partial charge >= 0.3 is 0 Å². The number of benzene rings is 2. The van der Waals surface area contributed by atoms with E-state index in [1.807, 2.05) is 42.5 Å². The number of piperazine rings is 1. The fourth-order valence-electron chi connectivity index (χ4n) is 6.52. The number of allylic oxidation sites excluding steroid dienone is 2. The minimum Gasteiger partial charge on any atom is -0.475 e. The van der Waals surface area contributed by atoms with E-state index in [1.54, 1.807) is 4.90 Å². The van der Waals surface area contributed by atoms with E-state index in [9.17, 15) is 10.1 Å². The lowest BCUT2D eigenvalue weighted by Gasteiger charge is -2.42. The van der Waals surface area contributed by atoms with Crippen LogP contribution in [0.15, 0.2) is 82.5 Å². The van der Waals surface area contributed by atoms with Crippen LogP contribution in [0.5, 0.6) is 0 Å². The third-order valence-corrected chi connectivity index (χ3v) is 9.43. The van der Waals surface area contributed by atoms with Crippen molar-refractivity contribution in [3.63, 3.8) is 0 Å². The number of rotatable bonds is 5. The van der Waals surface area contributed by atoms with Gasteiger partial charge in [-0.05, 0) is 61.2 Å². The van der Waals surface area contributed by atoms with Gasteiger partial charge in [-0.3, -0.25) is 4.79 Å². The van der Waals surface area contributed by atoms with Crippen LogP contribution >= 0.6 is 23.2 Å². The molecule has 2 aromatic carbocycles. The molecule has 2 unspecified atom stereocenters. The molecule has 1 amide bonds. The minimum absolute atomic E-state index is 0.0844. The molecule has 216 valence electrons. The number of fused-ring (bicyclic) bond motifs is 2. The van der Waals surface area contributed by atoms with Gasteiger partial charge in [0, 0.05) is 59.3 Å². The van der Waals surface area contributed by atoms with Gasteiger partial charge in [0.1, 0.15) is 18.2 Å². The number of halogens is 2. The molecule has 0 N–H and O–H groups in total. The molecule has 3 heterocycles. The highest BCUT2D eigenvalue weighted by atomic mass is 35.5. The van der Waals surface area contributed by atoms with Crippen LogP contribution in [0.25, 0.3) is 16.3 Å². The Hall–Kier alpha value is -3.57. The third kappa shape index (κ3) is 5.24. The Kier molecular flexibility index (Phi) is 8.13. The molecule has 0 saturated carbocycles. The third-order valence-electron chi connectivity index (χ3n) is 8.79. The Bertz CT molecular complexity index is 1590. The fraction of sp³-hybridized carbons (Fsp3) is 0.364. The van der Waals surface area contributed by atoms with Crippen molar-refractivity contribution in [3.8, 4) is 6.07 Å². The SMILES string of the molecule is C=CC(=O)N1CCN(C2=C(C#N)C(OC[C@@H]3CCCN3C)=NC3C=C(c4cccc5cccc(Cl)c45)C(Cl)=CC23)CC1. The number of nitriles is 1. The number of likely N-dealkylation sites (tertiary alicyclic amines) is 1. The molecular formula is C33H33Cl2N5O2. The first-order valence-electron chi connectivity index (χ1n) is 14.4. The second-order valence-corrected chi connectivity index (χ2v) is 12.0. The molecule has 2 fully saturated rings. The summed E-state index contributed by atoms with van der Waals surface area (Å²) in [5, 5.41) is 13.7. The molecule has 0 aromatic heterocycles. The van der Waals surface area contributed by atoms with E-state index in [2.05, 4.69) is 35.6 Å². The van der Waals surface area contributed by atoms with Crippen LogP contribution in [-0.4, -0.2) is 85.0 Å². The second kappa shape index (κ2) is 12.0. The van der Waals surface area contributed by atoms with E-state index in [0.717, 1.165) is 47.0 Å². The summed E-state index contributed by atoms with van der Waals surface area (Å²) in [6, 6.07) is 14.3. The van der Waals surface area contributed by atoms with Gasteiger partial charge in [0.25, 0.3) is 0 Å². The molecule has 4 aliphatic rings. The van der Waals surface area contributed by atoms with E-state index in [4.69, 9.17) is 32.9 Å². The van der Waals surface area contributed by atoms with E-state index in [1.165, 1.54) is 6.08 Å². The number of nitrogens with zero attached hydrogens (tertiary/aromatic N) is 5. The molecule has 0 spiro atoms. The van der Waals surface area contributed by atoms with E-state index >= 15 is 0 Å². The second-order valence-electron chi connectivity index (χ2n) is 11.2. The minimum atomic E-state index is -0.323. The summed E-state index contributed by atoms with van der Waals surface area (Å²) in [7, 11) is 2.11. The van der Waals surface area contributed by atoms with Crippen molar-refractivity contribution in [3.05, 3.63) is 88.1 Å². The Morgan fingerprint density at radius 3 is 2.60 bits per heavy atom. The molecule has 2 saturated heterocycles. The largest absolute Gasteiger partial charge is 0.475 e. The van der Waals surface area contributed by atoms with Crippen molar-refractivity contribution >= 4 is 51.4 Å². The fourth-order valence-corrected chi connectivity index (χ4v) is 7.10. The van der Waals surface area contributed by atoms with Gasteiger partial charge in [-0.15, -0.1) is 0 Å². The van der Waals surface area contributed by atoms with Crippen molar-refractivity contribution in [2.75, 3.05) is 46.4 Å². The van der Waals surface area contributed by atoms with Crippen molar-refractivity contribution in [1.29, 1.82) is 5.26 Å². The molecule has 0 bridgehead atoms. The summed E-state index contributed by atoms with van der Waals surface area (Å²) in [6.45, 7) is 7.39. The summed E-state index contributed by atoms with van der Waals surface area (Å²) in [5.74, 6) is 0.0417. The van der Waals surface area contributed by atoms with E-state index < -0.39 is 0 Å². The van der Waals surface area contributed by atoms with Crippen molar-refractivity contribution < 1.29 is 9.53 Å². The van der Waals surface area contributed by atoms with Gasteiger partial charge in [-0.1, -0.05) is 66.2 Å². The Labute approximate surface area is 256 Å². The van der Waals surface area contributed by atoms with E-state index in [-0.39, 0.29) is 23.9 Å². The van der Waals surface area contributed by atoms with Gasteiger partial charge in [-0.25, -0.2) is 4.99 Å². The summed E-state index contributed by atoms with van der Waals surface area (Å²) in [6.07, 6.45) is 7.63. The first-order valence-corrected chi connectivity index (χ1v) is 15.1. The zero-order valence-corrected chi connectivity index (χ0v) is 25.1. The lowest BCUT2D eigenvalue weighted by Crippen LogP contribution is -2.50. The van der Waals surface area contributed by atoms with E-state index in [0.29, 0.717) is 54.3 Å². The predicted molar refractivity (Wildman–Crippen MR) is 168 cm³/mol. The van der Waals surface area contributed by atoms with Crippen molar-refractivity contribution in [2.24, 2.45) is 10.9 Å². The Morgan fingerprint density at radius 1 is 1.14 bits per heavy atom. The van der Waals surface area contributed by atoms with Crippen LogP contribution in [0.2, 0.25) is 5.02 Å². The van der Waals surface area contributed by atoms with Crippen molar-refractivity contribution in [1.82, 2.24) is 14.7 Å². The summed E-state index contributed by atoms with van der Waals surface area (Å²) < 4.78 is 6.36. The monoisotopic (exact) mass is 601 g/mol. The number of hydrogen-bond acceptors (Lipinski definition) is 6. The number of dihydropyridines is 1. The zero-order valence-electron chi connectivity index (χ0n) is 23.6. The molecule has 42 heavy (non-hydrogen) atoms. The number of ether oxygens (including phenoxy) is 1. The smallest absolute Gasteiger partial charge is 0.246 e. The topological polar surface area (TPSA) is 72.2 Å². The van der Waals surface area contributed by atoms with Gasteiger partial charge < -0.3 is 19.4 Å². The lowest BCUT2D eigenvalue weighted by atomic mass is 9.82. The van der Waals surface area contributed by atoms with Gasteiger partial charge in [0.05, 0.1) is 6.04 Å². The Morgan fingerprint density at radius 2 is 1.90 bits per heavy atom. The average molecular weight is 603 g/mol. The summed E-state index contributed by atoms with van der Waals surface area (Å²) in [5.41, 5.74) is 3.08. The quantitative estimate of drug-likeness (QED) is 0.415. The molecular weight excluding hydrogens is 569 g/mol. The maximum Gasteiger partial charge on any atom is 0.246 e. The maximum absolute atomic E-state index is 12.3. The number of carbonyl (C=O) groups excluding carboxylic acids is 1. The first kappa shape index (κ1) is 28.5.